The highest BCUT2D eigenvalue weighted by molar-refractivity contribution is 6.30. The number of carbonyl (C=O) groups excluding carboxylic acids is 2. The summed E-state index contributed by atoms with van der Waals surface area (Å²) in [6.45, 7) is 3.81. The number of carbonyl (C=O) groups is 2. The highest BCUT2D eigenvalue weighted by Crippen LogP contribution is 2.17. The first kappa shape index (κ1) is 20.2. The van der Waals surface area contributed by atoms with Crippen molar-refractivity contribution in [3.63, 3.8) is 0 Å². The molecule has 0 spiro atoms. The molecular formula is C22H25ClN2O3. The highest BCUT2D eigenvalue weighted by atomic mass is 35.5. The Kier molecular flexibility index (Phi) is 6.93. The lowest BCUT2D eigenvalue weighted by Crippen LogP contribution is -2.46. The largest absolute Gasteiger partial charge is 0.494 e. The van der Waals surface area contributed by atoms with Crippen LogP contribution in [0.3, 0.4) is 0 Å². The summed E-state index contributed by atoms with van der Waals surface area (Å²) in [6.07, 6.45) is 1.84. The molecule has 1 N–H and O–H groups in total. The zero-order valence-corrected chi connectivity index (χ0v) is 16.7. The summed E-state index contributed by atoms with van der Waals surface area (Å²) < 4.78 is 5.42. The Morgan fingerprint density at radius 3 is 2.50 bits per heavy atom. The standard InChI is InChI=1S/C22H25ClN2O3/c1-2-28-20-8-6-16(7-9-20)14-21(26)24-19-10-12-25(13-11-19)22(27)17-4-3-5-18(23)15-17/h3-9,15,19H,2,10-14H2,1H3,(H,24,26). The SMILES string of the molecule is CCOc1ccc(CC(=O)NC2CCN(C(=O)c3cccc(Cl)c3)CC2)cc1. The molecule has 1 fully saturated rings. The van der Waals surface area contributed by atoms with Crippen LogP contribution in [0.25, 0.3) is 0 Å². The van der Waals surface area contributed by atoms with E-state index in [1.807, 2.05) is 36.1 Å². The molecule has 0 bridgehead atoms. The number of rotatable bonds is 6. The van der Waals surface area contributed by atoms with Crippen LogP contribution in [0.1, 0.15) is 35.7 Å². The third kappa shape index (κ3) is 5.49. The number of piperidine rings is 1. The third-order valence-electron chi connectivity index (χ3n) is 4.82. The molecule has 0 aromatic heterocycles. The third-order valence-corrected chi connectivity index (χ3v) is 5.05. The van der Waals surface area contributed by atoms with E-state index in [1.54, 1.807) is 24.3 Å². The van der Waals surface area contributed by atoms with Gasteiger partial charge >= 0.3 is 0 Å². The fraction of sp³-hybridized carbons (Fsp3) is 0.364. The van der Waals surface area contributed by atoms with E-state index in [0.717, 1.165) is 24.2 Å². The van der Waals surface area contributed by atoms with Gasteiger partial charge in [0.2, 0.25) is 5.91 Å². The smallest absolute Gasteiger partial charge is 0.253 e. The van der Waals surface area contributed by atoms with Crippen LogP contribution in [-0.4, -0.2) is 42.5 Å². The van der Waals surface area contributed by atoms with Crippen molar-refractivity contribution in [2.45, 2.75) is 32.2 Å². The van der Waals surface area contributed by atoms with Gasteiger partial charge in [-0.1, -0.05) is 29.8 Å². The molecule has 0 unspecified atom stereocenters. The van der Waals surface area contributed by atoms with Crippen molar-refractivity contribution in [3.8, 4) is 5.75 Å². The van der Waals surface area contributed by atoms with Crippen molar-refractivity contribution in [2.24, 2.45) is 0 Å². The molecule has 6 heteroatoms. The molecule has 1 saturated heterocycles. The predicted molar refractivity (Wildman–Crippen MR) is 110 cm³/mol. The minimum absolute atomic E-state index is 0.00350. The lowest BCUT2D eigenvalue weighted by Gasteiger charge is -2.32. The van der Waals surface area contributed by atoms with Crippen LogP contribution in [0, 0.1) is 0 Å². The molecule has 3 rings (SSSR count). The van der Waals surface area contributed by atoms with Gasteiger partial charge in [-0.05, 0) is 55.7 Å². The number of hydrogen-bond acceptors (Lipinski definition) is 3. The zero-order chi connectivity index (χ0) is 19.9. The Morgan fingerprint density at radius 1 is 1.14 bits per heavy atom. The van der Waals surface area contributed by atoms with Crippen LogP contribution >= 0.6 is 11.6 Å². The van der Waals surface area contributed by atoms with Crippen molar-refractivity contribution >= 4 is 23.4 Å². The van der Waals surface area contributed by atoms with Crippen molar-refractivity contribution in [1.29, 1.82) is 0 Å². The number of nitrogens with one attached hydrogen (secondary N) is 1. The highest BCUT2D eigenvalue weighted by Gasteiger charge is 2.24. The molecular weight excluding hydrogens is 376 g/mol. The van der Waals surface area contributed by atoms with Gasteiger partial charge in [0.1, 0.15) is 5.75 Å². The van der Waals surface area contributed by atoms with Gasteiger partial charge in [0.25, 0.3) is 5.91 Å². The maximum Gasteiger partial charge on any atom is 0.253 e. The van der Waals surface area contributed by atoms with Crippen molar-refractivity contribution in [2.75, 3.05) is 19.7 Å². The maximum absolute atomic E-state index is 12.6. The van der Waals surface area contributed by atoms with E-state index < -0.39 is 0 Å². The van der Waals surface area contributed by atoms with Gasteiger partial charge in [-0.2, -0.15) is 0 Å². The Labute approximate surface area is 170 Å². The van der Waals surface area contributed by atoms with E-state index in [2.05, 4.69) is 5.32 Å². The molecule has 1 aliphatic heterocycles. The summed E-state index contributed by atoms with van der Waals surface area (Å²) >= 11 is 5.97. The predicted octanol–water partition coefficient (Wildman–Crippen LogP) is 3.70. The Balaban J connectivity index is 1.46. The van der Waals surface area contributed by atoms with Crippen LogP contribution in [0.4, 0.5) is 0 Å². The second kappa shape index (κ2) is 9.60. The molecule has 5 nitrogen and oxygen atoms in total. The van der Waals surface area contributed by atoms with Gasteiger partial charge < -0.3 is 15.0 Å². The van der Waals surface area contributed by atoms with Crippen molar-refractivity contribution in [1.82, 2.24) is 10.2 Å². The van der Waals surface area contributed by atoms with Gasteiger partial charge in [-0.25, -0.2) is 0 Å². The number of benzene rings is 2. The van der Waals surface area contributed by atoms with Gasteiger partial charge in [0, 0.05) is 29.7 Å². The fourth-order valence-electron chi connectivity index (χ4n) is 3.37. The van der Waals surface area contributed by atoms with Gasteiger partial charge in [0.15, 0.2) is 0 Å². The van der Waals surface area contributed by atoms with Crippen LogP contribution in [0.15, 0.2) is 48.5 Å². The first-order chi connectivity index (χ1) is 13.5. The molecule has 0 radical (unpaired) electrons. The summed E-state index contributed by atoms with van der Waals surface area (Å²) in [5.41, 5.74) is 1.56. The molecule has 1 heterocycles. The molecule has 148 valence electrons. The zero-order valence-electron chi connectivity index (χ0n) is 16.0. The van der Waals surface area contributed by atoms with E-state index in [0.29, 0.717) is 36.7 Å². The van der Waals surface area contributed by atoms with Crippen molar-refractivity contribution in [3.05, 3.63) is 64.7 Å². The number of nitrogens with zero attached hydrogens (tertiary/aromatic N) is 1. The van der Waals surface area contributed by atoms with E-state index >= 15 is 0 Å². The molecule has 2 aromatic rings. The molecule has 1 aliphatic rings. The molecule has 2 aromatic carbocycles. The van der Waals surface area contributed by atoms with E-state index in [1.165, 1.54) is 0 Å². The summed E-state index contributed by atoms with van der Waals surface area (Å²) in [6, 6.07) is 14.7. The van der Waals surface area contributed by atoms with Gasteiger partial charge in [-0.15, -0.1) is 0 Å². The fourth-order valence-corrected chi connectivity index (χ4v) is 3.56. The number of amides is 2. The van der Waals surface area contributed by atoms with E-state index in [9.17, 15) is 9.59 Å². The molecule has 28 heavy (non-hydrogen) atoms. The lowest BCUT2D eigenvalue weighted by atomic mass is 10.0. The van der Waals surface area contributed by atoms with Gasteiger partial charge in [-0.3, -0.25) is 9.59 Å². The van der Waals surface area contributed by atoms with Crippen LogP contribution < -0.4 is 10.1 Å². The van der Waals surface area contributed by atoms with Crippen LogP contribution in [0.2, 0.25) is 5.02 Å². The summed E-state index contributed by atoms with van der Waals surface area (Å²) in [7, 11) is 0. The molecule has 2 amide bonds. The minimum atomic E-state index is -0.0123. The number of halogens is 1. The normalized spacial score (nSPS) is 14.6. The molecule has 0 atom stereocenters. The van der Waals surface area contributed by atoms with Crippen LogP contribution in [0.5, 0.6) is 5.75 Å². The summed E-state index contributed by atoms with van der Waals surface area (Å²) in [5, 5.41) is 3.64. The monoisotopic (exact) mass is 400 g/mol. The van der Waals surface area contributed by atoms with Gasteiger partial charge in [0.05, 0.1) is 13.0 Å². The first-order valence-corrected chi connectivity index (χ1v) is 9.99. The second-order valence-corrected chi connectivity index (χ2v) is 7.33. The van der Waals surface area contributed by atoms with Crippen molar-refractivity contribution < 1.29 is 14.3 Å². The first-order valence-electron chi connectivity index (χ1n) is 9.61. The molecule has 0 saturated carbocycles. The average molecular weight is 401 g/mol. The Bertz CT molecular complexity index is 815. The Morgan fingerprint density at radius 2 is 1.86 bits per heavy atom. The second-order valence-electron chi connectivity index (χ2n) is 6.90. The number of likely N-dealkylation sites (tertiary alicyclic amines) is 1. The topological polar surface area (TPSA) is 58.6 Å². The van der Waals surface area contributed by atoms with Crippen LogP contribution in [-0.2, 0) is 11.2 Å². The number of hydrogen-bond donors (Lipinski definition) is 1. The Hall–Kier alpha value is -2.53. The lowest BCUT2D eigenvalue weighted by molar-refractivity contribution is -0.121. The number of ether oxygens (including phenoxy) is 1. The summed E-state index contributed by atoms with van der Waals surface area (Å²) in [4.78, 5) is 26.7. The maximum atomic E-state index is 12.6. The minimum Gasteiger partial charge on any atom is -0.494 e. The van der Waals surface area contributed by atoms with E-state index in [4.69, 9.17) is 16.3 Å². The average Bonchev–Trinajstić information content (AvgIpc) is 2.70. The van der Waals surface area contributed by atoms with E-state index in [-0.39, 0.29) is 17.9 Å². The quantitative estimate of drug-likeness (QED) is 0.804. The molecule has 0 aliphatic carbocycles. The summed E-state index contributed by atoms with van der Waals surface area (Å²) in [5.74, 6) is 0.800.